The first-order chi connectivity index (χ1) is 8.20. The molecule has 0 saturated carbocycles. The summed E-state index contributed by atoms with van der Waals surface area (Å²) in [5.74, 6) is 0. The molecule has 1 heterocycles. The maximum absolute atomic E-state index is 10.9. The van der Waals surface area contributed by atoms with Crippen molar-refractivity contribution in [2.75, 3.05) is 0 Å². The van der Waals surface area contributed by atoms with Crippen molar-refractivity contribution < 1.29 is 4.79 Å². The highest BCUT2D eigenvalue weighted by atomic mass is 35.5. The number of rotatable bonds is 3. The van der Waals surface area contributed by atoms with Gasteiger partial charge >= 0.3 is 0 Å². The topological polar surface area (TPSA) is 42.9 Å². The molecule has 0 unspecified atom stereocenters. The van der Waals surface area contributed by atoms with E-state index in [-0.39, 0.29) is 5.15 Å². The SMILES string of the molecule is O=Cc1c(Cl)ncnc1Sc1cccc(Cl)c1. The van der Waals surface area contributed by atoms with Crippen LogP contribution in [0.25, 0.3) is 0 Å². The van der Waals surface area contributed by atoms with Crippen LogP contribution in [0.3, 0.4) is 0 Å². The second kappa shape index (κ2) is 5.49. The minimum absolute atomic E-state index is 0.152. The van der Waals surface area contributed by atoms with Crippen molar-refractivity contribution in [3.05, 3.63) is 46.3 Å². The highest BCUT2D eigenvalue weighted by Crippen LogP contribution is 2.31. The van der Waals surface area contributed by atoms with Gasteiger partial charge in [0.15, 0.2) is 6.29 Å². The molecule has 0 amide bonds. The summed E-state index contributed by atoms with van der Waals surface area (Å²) >= 11 is 13.0. The Morgan fingerprint density at radius 2 is 2.06 bits per heavy atom. The minimum Gasteiger partial charge on any atom is -0.298 e. The van der Waals surface area contributed by atoms with Gasteiger partial charge in [0.05, 0.1) is 5.56 Å². The fourth-order valence-corrected chi connectivity index (χ4v) is 2.58. The third-order valence-electron chi connectivity index (χ3n) is 1.93. The van der Waals surface area contributed by atoms with E-state index >= 15 is 0 Å². The van der Waals surface area contributed by atoms with E-state index in [0.717, 1.165) is 4.90 Å². The van der Waals surface area contributed by atoms with Crippen LogP contribution >= 0.6 is 35.0 Å². The molecule has 86 valence electrons. The summed E-state index contributed by atoms with van der Waals surface area (Å²) < 4.78 is 0. The summed E-state index contributed by atoms with van der Waals surface area (Å²) in [5, 5.41) is 1.30. The van der Waals surface area contributed by atoms with Crippen LogP contribution in [0.2, 0.25) is 10.2 Å². The molecule has 17 heavy (non-hydrogen) atoms. The molecule has 0 aliphatic heterocycles. The number of nitrogens with zero attached hydrogens (tertiary/aromatic N) is 2. The van der Waals surface area contributed by atoms with E-state index in [1.807, 2.05) is 12.1 Å². The largest absolute Gasteiger partial charge is 0.298 e. The summed E-state index contributed by atoms with van der Waals surface area (Å²) in [5.41, 5.74) is 0.291. The minimum atomic E-state index is 0.152. The predicted molar refractivity (Wildman–Crippen MR) is 68.0 cm³/mol. The summed E-state index contributed by atoms with van der Waals surface area (Å²) in [6.45, 7) is 0. The van der Waals surface area contributed by atoms with Gasteiger partial charge in [0, 0.05) is 9.92 Å². The second-order valence-electron chi connectivity index (χ2n) is 3.06. The predicted octanol–water partition coefficient (Wildman–Crippen LogP) is 3.75. The van der Waals surface area contributed by atoms with Gasteiger partial charge in [0.25, 0.3) is 0 Å². The van der Waals surface area contributed by atoms with Crippen molar-refractivity contribution in [3.63, 3.8) is 0 Å². The van der Waals surface area contributed by atoms with Crippen LogP contribution in [0, 0.1) is 0 Å². The van der Waals surface area contributed by atoms with Gasteiger partial charge in [-0.15, -0.1) is 0 Å². The average molecular weight is 285 g/mol. The zero-order chi connectivity index (χ0) is 12.3. The molecule has 0 saturated heterocycles. The molecule has 3 nitrogen and oxygen atoms in total. The highest BCUT2D eigenvalue weighted by Gasteiger charge is 2.10. The Hall–Kier alpha value is -1.10. The van der Waals surface area contributed by atoms with Crippen molar-refractivity contribution in [1.82, 2.24) is 9.97 Å². The summed E-state index contributed by atoms with van der Waals surface area (Å²) in [6, 6.07) is 7.27. The first-order valence-corrected chi connectivity index (χ1v) is 6.17. The molecule has 2 rings (SSSR count). The van der Waals surface area contributed by atoms with Gasteiger partial charge in [-0.2, -0.15) is 0 Å². The molecule has 0 N–H and O–H groups in total. The molecule has 0 spiro atoms. The van der Waals surface area contributed by atoms with Gasteiger partial charge in [0.1, 0.15) is 16.5 Å². The summed E-state index contributed by atoms with van der Waals surface area (Å²) in [7, 11) is 0. The molecule has 2 aromatic rings. The van der Waals surface area contributed by atoms with Crippen molar-refractivity contribution in [2.45, 2.75) is 9.92 Å². The van der Waals surface area contributed by atoms with Crippen LogP contribution in [0.1, 0.15) is 10.4 Å². The Morgan fingerprint density at radius 3 is 2.76 bits per heavy atom. The van der Waals surface area contributed by atoms with Crippen LogP contribution in [0.15, 0.2) is 40.5 Å². The van der Waals surface area contributed by atoms with Crippen LogP contribution in [0.4, 0.5) is 0 Å². The Labute approximate surface area is 112 Å². The molecule has 1 aromatic carbocycles. The number of aldehydes is 1. The number of carbonyl (C=O) groups excluding carboxylic acids is 1. The fraction of sp³-hybridized carbons (Fsp3) is 0. The van der Waals surface area contributed by atoms with Crippen molar-refractivity contribution >= 4 is 41.2 Å². The molecule has 0 atom stereocenters. The van der Waals surface area contributed by atoms with E-state index in [9.17, 15) is 4.79 Å². The lowest BCUT2D eigenvalue weighted by molar-refractivity contribution is 0.112. The molecule has 1 aromatic heterocycles. The lowest BCUT2D eigenvalue weighted by Crippen LogP contribution is -1.93. The number of benzene rings is 1. The van der Waals surface area contributed by atoms with Gasteiger partial charge in [-0.3, -0.25) is 4.79 Å². The van der Waals surface area contributed by atoms with Gasteiger partial charge in [-0.1, -0.05) is 41.0 Å². The average Bonchev–Trinajstić information content (AvgIpc) is 2.29. The lowest BCUT2D eigenvalue weighted by atomic mass is 10.4. The molecule has 6 heteroatoms. The molecule has 0 bridgehead atoms. The molecule has 0 fully saturated rings. The highest BCUT2D eigenvalue weighted by molar-refractivity contribution is 7.99. The number of hydrogen-bond donors (Lipinski definition) is 0. The summed E-state index contributed by atoms with van der Waals surface area (Å²) in [4.78, 5) is 19.6. The number of carbonyl (C=O) groups is 1. The van der Waals surface area contributed by atoms with Crippen LogP contribution in [0.5, 0.6) is 0 Å². The van der Waals surface area contributed by atoms with Crippen molar-refractivity contribution in [3.8, 4) is 0 Å². The zero-order valence-electron chi connectivity index (χ0n) is 8.43. The van der Waals surface area contributed by atoms with Crippen LogP contribution in [-0.2, 0) is 0 Å². The monoisotopic (exact) mass is 284 g/mol. The number of aromatic nitrogens is 2. The smallest absolute Gasteiger partial charge is 0.155 e. The normalized spacial score (nSPS) is 10.2. The zero-order valence-corrected chi connectivity index (χ0v) is 10.8. The number of halogens is 2. The van der Waals surface area contributed by atoms with E-state index < -0.39 is 0 Å². The molecular weight excluding hydrogens is 279 g/mol. The third kappa shape index (κ3) is 2.97. The maximum atomic E-state index is 10.9. The van der Waals surface area contributed by atoms with Crippen LogP contribution in [-0.4, -0.2) is 16.3 Å². The number of hydrogen-bond acceptors (Lipinski definition) is 4. The first kappa shape index (κ1) is 12.4. The van der Waals surface area contributed by atoms with Crippen molar-refractivity contribution in [2.24, 2.45) is 0 Å². The molecule has 0 radical (unpaired) electrons. The van der Waals surface area contributed by atoms with Gasteiger partial charge < -0.3 is 0 Å². The van der Waals surface area contributed by atoms with Gasteiger partial charge in [0.2, 0.25) is 0 Å². The van der Waals surface area contributed by atoms with E-state index in [1.165, 1.54) is 18.1 Å². The molecule has 0 aliphatic rings. The fourth-order valence-electron chi connectivity index (χ4n) is 1.18. The van der Waals surface area contributed by atoms with E-state index in [2.05, 4.69) is 9.97 Å². The summed E-state index contributed by atoms with van der Waals surface area (Å²) in [6.07, 6.45) is 1.97. The van der Waals surface area contributed by atoms with Crippen molar-refractivity contribution in [1.29, 1.82) is 0 Å². The second-order valence-corrected chi connectivity index (χ2v) is 4.92. The van der Waals surface area contributed by atoms with Crippen LogP contribution < -0.4 is 0 Å². The Kier molecular flexibility index (Phi) is 3.99. The van der Waals surface area contributed by atoms with E-state index in [0.29, 0.717) is 21.9 Å². The quantitative estimate of drug-likeness (QED) is 0.636. The lowest BCUT2D eigenvalue weighted by Gasteiger charge is -2.04. The maximum Gasteiger partial charge on any atom is 0.155 e. The Bertz CT molecular complexity index is 563. The first-order valence-electron chi connectivity index (χ1n) is 4.60. The van der Waals surface area contributed by atoms with E-state index in [4.69, 9.17) is 23.2 Å². The standard InChI is InChI=1S/C11H6Cl2N2OS/c12-7-2-1-3-8(4-7)17-11-9(5-16)10(13)14-6-15-11/h1-6H. The van der Waals surface area contributed by atoms with Gasteiger partial charge in [-0.05, 0) is 18.2 Å². The Morgan fingerprint density at radius 1 is 1.24 bits per heavy atom. The Balaban J connectivity index is 2.36. The molecular formula is C11H6Cl2N2OS. The van der Waals surface area contributed by atoms with E-state index in [1.54, 1.807) is 12.1 Å². The molecule has 0 aliphatic carbocycles. The third-order valence-corrected chi connectivity index (χ3v) is 3.47. The van der Waals surface area contributed by atoms with Gasteiger partial charge in [-0.25, -0.2) is 9.97 Å².